The van der Waals surface area contributed by atoms with E-state index in [0.717, 1.165) is 39.5 Å². The molecule has 0 atom stereocenters. The van der Waals surface area contributed by atoms with Gasteiger partial charge in [-0.2, -0.15) is 13.2 Å². The van der Waals surface area contributed by atoms with Gasteiger partial charge in [0.05, 0.1) is 0 Å². The Morgan fingerprint density at radius 3 is 2.48 bits per heavy atom. The van der Waals surface area contributed by atoms with E-state index in [1.54, 1.807) is 0 Å². The van der Waals surface area contributed by atoms with Crippen LogP contribution in [0.4, 0.5) is 13.2 Å². The Bertz CT molecular complexity index is 721. The summed E-state index contributed by atoms with van der Waals surface area (Å²) in [6.45, 7) is 5.84. The fourth-order valence-electron chi connectivity index (χ4n) is 3.40. The molecule has 1 aromatic carbocycles. The Hall–Kier alpha value is -1.56. The number of nitrogens with one attached hydrogen (secondary N) is 2. The standard InChI is InChI=1S/C21H32F3N5O.HI/c1-4-25-20(26-13-19(30)28(3)15-21(22,23)24)27-18-9-11-29(12-10-18)14-17-8-6-5-7-16(17)2;/h5-8,18H,4,9-15H2,1-3H3,(H2,25,26,27);1H. The summed E-state index contributed by atoms with van der Waals surface area (Å²) >= 11 is 0. The van der Waals surface area contributed by atoms with Crippen LogP contribution in [-0.4, -0.2) is 73.7 Å². The van der Waals surface area contributed by atoms with Crippen molar-refractivity contribution in [3.05, 3.63) is 35.4 Å². The summed E-state index contributed by atoms with van der Waals surface area (Å²) in [4.78, 5) is 19.2. The third-order valence-corrected chi connectivity index (χ3v) is 5.14. The lowest BCUT2D eigenvalue weighted by molar-refractivity contribution is -0.157. The Kier molecular flexibility index (Phi) is 11.6. The van der Waals surface area contributed by atoms with Gasteiger partial charge in [0.2, 0.25) is 5.91 Å². The smallest absolute Gasteiger partial charge is 0.357 e. The zero-order valence-corrected chi connectivity index (χ0v) is 20.7. The number of likely N-dealkylation sites (N-methyl/N-ethyl adjacent to an activating group) is 1. The monoisotopic (exact) mass is 555 g/mol. The highest BCUT2D eigenvalue weighted by molar-refractivity contribution is 14.0. The van der Waals surface area contributed by atoms with Gasteiger partial charge < -0.3 is 15.5 Å². The molecular formula is C21H33F3IN5O. The maximum absolute atomic E-state index is 12.4. The zero-order valence-electron chi connectivity index (χ0n) is 18.3. The normalized spacial score (nSPS) is 15.9. The highest BCUT2D eigenvalue weighted by Gasteiger charge is 2.31. The van der Waals surface area contributed by atoms with E-state index in [2.05, 4.69) is 45.6 Å². The lowest BCUT2D eigenvalue weighted by Crippen LogP contribution is -2.49. The number of hydrogen-bond donors (Lipinski definition) is 2. The van der Waals surface area contributed by atoms with Crippen molar-refractivity contribution < 1.29 is 18.0 Å². The SMILES string of the molecule is CCNC(=NCC(=O)N(C)CC(F)(F)F)NC1CCN(Cc2ccccc2C)CC1.I. The van der Waals surface area contributed by atoms with Gasteiger partial charge in [-0.05, 0) is 37.8 Å². The van der Waals surface area contributed by atoms with Gasteiger partial charge in [-0.15, -0.1) is 24.0 Å². The number of alkyl halides is 3. The van der Waals surface area contributed by atoms with E-state index in [1.165, 1.54) is 11.1 Å². The van der Waals surface area contributed by atoms with Gasteiger partial charge in [0.15, 0.2) is 5.96 Å². The molecule has 0 aliphatic carbocycles. The van der Waals surface area contributed by atoms with Crippen molar-refractivity contribution in [3.8, 4) is 0 Å². The van der Waals surface area contributed by atoms with E-state index in [9.17, 15) is 18.0 Å². The maximum atomic E-state index is 12.4. The number of halogens is 4. The second-order valence-electron chi connectivity index (χ2n) is 7.68. The number of rotatable bonds is 7. The maximum Gasteiger partial charge on any atom is 0.406 e. The summed E-state index contributed by atoms with van der Waals surface area (Å²) in [5.74, 6) is -0.207. The summed E-state index contributed by atoms with van der Waals surface area (Å²) < 4.78 is 37.3. The molecule has 1 aromatic rings. The molecule has 1 aliphatic heterocycles. The number of nitrogens with zero attached hydrogens (tertiary/aromatic N) is 3. The predicted molar refractivity (Wildman–Crippen MR) is 128 cm³/mol. The van der Waals surface area contributed by atoms with Crippen LogP contribution in [0.25, 0.3) is 0 Å². The van der Waals surface area contributed by atoms with Gasteiger partial charge >= 0.3 is 6.18 Å². The van der Waals surface area contributed by atoms with Gasteiger partial charge in [0.1, 0.15) is 13.1 Å². The van der Waals surface area contributed by atoms with E-state index >= 15 is 0 Å². The molecule has 1 heterocycles. The Balaban J connectivity index is 0.00000480. The van der Waals surface area contributed by atoms with E-state index in [1.807, 2.05) is 13.0 Å². The van der Waals surface area contributed by atoms with Crippen molar-refractivity contribution in [2.45, 2.75) is 45.5 Å². The fourth-order valence-corrected chi connectivity index (χ4v) is 3.40. The van der Waals surface area contributed by atoms with E-state index in [-0.39, 0.29) is 36.6 Å². The number of carbonyl (C=O) groups excluding carboxylic acids is 1. The third-order valence-electron chi connectivity index (χ3n) is 5.14. The summed E-state index contributed by atoms with van der Waals surface area (Å²) in [7, 11) is 1.13. The Morgan fingerprint density at radius 2 is 1.90 bits per heavy atom. The topological polar surface area (TPSA) is 60.0 Å². The first kappa shape index (κ1) is 27.5. The molecule has 10 heteroatoms. The highest BCUT2D eigenvalue weighted by Crippen LogP contribution is 2.17. The first-order valence-electron chi connectivity index (χ1n) is 10.3. The van der Waals surface area contributed by atoms with Crippen LogP contribution in [0, 0.1) is 6.92 Å². The molecule has 0 saturated carbocycles. The molecule has 0 unspecified atom stereocenters. The van der Waals surface area contributed by atoms with Crippen LogP contribution < -0.4 is 10.6 Å². The van der Waals surface area contributed by atoms with E-state index in [0.29, 0.717) is 17.4 Å². The minimum Gasteiger partial charge on any atom is -0.357 e. The molecule has 0 radical (unpaired) electrons. The Morgan fingerprint density at radius 1 is 1.26 bits per heavy atom. The molecule has 1 amide bonds. The summed E-state index contributed by atoms with van der Waals surface area (Å²) in [6.07, 6.45) is -2.56. The van der Waals surface area contributed by atoms with Crippen molar-refractivity contribution in [3.63, 3.8) is 0 Å². The number of likely N-dealkylation sites (tertiary alicyclic amines) is 1. The van der Waals surface area contributed by atoms with Crippen LogP contribution in [0.2, 0.25) is 0 Å². The van der Waals surface area contributed by atoms with Crippen molar-refractivity contribution >= 4 is 35.8 Å². The van der Waals surface area contributed by atoms with E-state index < -0.39 is 18.6 Å². The first-order valence-corrected chi connectivity index (χ1v) is 10.3. The molecule has 1 fully saturated rings. The van der Waals surface area contributed by atoms with Crippen molar-refractivity contribution in [1.29, 1.82) is 0 Å². The lowest BCUT2D eigenvalue weighted by atomic mass is 10.0. The molecule has 1 saturated heterocycles. The minimum atomic E-state index is -4.41. The molecule has 6 nitrogen and oxygen atoms in total. The average Bonchev–Trinajstić information content (AvgIpc) is 2.68. The van der Waals surface area contributed by atoms with Crippen LogP contribution in [0.1, 0.15) is 30.9 Å². The quantitative estimate of drug-likeness (QED) is 0.309. The first-order chi connectivity index (χ1) is 14.2. The van der Waals surface area contributed by atoms with Gasteiger partial charge in [0.25, 0.3) is 0 Å². The van der Waals surface area contributed by atoms with Crippen molar-refractivity contribution in [1.82, 2.24) is 20.4 Å². The molecule has 0 spiro atoms. The summed E-state index contributed by atoms with van der Waals surface area (Å²) in [6, 6.07) is 8.59. The zero-order chi connectivity index (χ0) is 22.1. The van der Waals surface area contributed by atoms with E-state index in [4.69, 9.17) is 0 Å². The van der Waals surface area contributed by atoms with Gasteiger partial charge in [-0.3, -0.25) is 9.69 Å². The van der Waals surface area contributed by atoms with Gasteiger partial charge in [-0.25, -0.2) is 4.99 Å². The number of piperidine rings is 1. The van der Waals surface area contributed by atoms with Crippen molar-refractivity contribution in [2.24, 2.45) is 4.99 Å². The molecule has 176 valence electrons. The third kappa shape index (κ3) is 10.1. The Labute approximate surface area is 199 Å². The van der Waals surface area contributed by atoms with Crippen LogP contribution in [-0.2, 0) is 11.3 Å². The van der Waals surface area contributed by atoms with Crippen LogP contribution >= 0.6 is 24.0 Å². The second-order valence-corrected chi connectivity index (χ2v) is 7.68. The number of hydrogen-bond acceptors (Lipinski definition) is 3. The molecule has 0 aromatic heterocycles. The predicted octanol–water partition coefficient (Wildman–Crippen LogP) is 3.15. The molecular weight excluding hydrogens is 522 g/mol. The number of aliphatic imine (C=N–C) groups is 1. The van der Waals surface area contributed by atoms with Crippen LogP contribution in [0.5, 0.6) is 0 Å². The molecule has 2 rings (SSSR count). The number of guanidine groups is 1. The number of benzene rings is 1. The largest absolute Gasteiger partial charge is 0.406 e. The summed E-state index contributed by atoms with van der Waals surface area (Å²) in [5, 5.41) is 6.38. The van der Waals surface area contributed by atoms with Crippen LogP contribution in [0.15, 0.2) is 29.3 Å². The second kappa shape index (κ2) is 13.1. The van der Waals surface area contributed by atoms with Gasteiger partial charge in [-0.1, -0.05) is 24.3 Å². The van der Waals surface area contributed by atoms with Gasteiger partial charge in [0, 0.05) is 39.3 Å². The number of amides is 1. The average molecular weight is 555 g/mol. The van der Waals surface area contributed by atoms with Crippen molar-refractivity contribution in [2.75, 3.05) is 39.8 Å². The number of aryl methyl sites for hydroxylation is 1. The summed E-state index contributed by atoms with van der Waals surface area (Å²) in [5.41, 5.74) is 2.62. The minimum absolute atomic E-state index is 0. The lowest BCUT2D eigenvalue weighted by Gasteiger charge is -2.33. The molecule has 1 aliphatic rings. The molecule has 0 bridgehead atoms. The molecule has 31 heavy (non-hydrogen) atoms. The molecule has 2 N–H and O–H groups in total. The fraction of sp³-hybridized carbons (Fsp3) is 0.619. The highest BCUT2D eigenvalue weighted by atomic mass is 127. The van der Waals surface area contributed by atoms with Crippen LogP contribution in [0.3, 0.4) is 0 Å². The number of carbonyl (C=O) groups is 1.